The van der Waals surface area contributed by atoms with E-state index in [9.17, 15) is 4.79 Å². The Hall–Kier alpha value is -0.610. The van der Waals surface area contributed by atoms with E-state index in [1.54, 1.807) is 5.01 Å². The summed E-state index contributed by atoms with van der Waals surface area (Å²) in [5.74, 6) is 0.826. The van der Waals surface area contributed by atoms with Crippen LogP contribution in [0.5, 0.6) is 0 Å². The van der Waals surface area contributed by atoms with Crippen molar-refractivity contribution in [1.29, 1.82) is 0 Å². The van der Waals surface area contributed by atoms with Gasteiger partial charge < -0.3 is 5.73 Å². The standard InChI is InChI=1S/C11H23N3O/c1-14(2)13-11(15)8-5-9-3-6-10(12)7-4-9/h9-10H,3-8,12H2,1-2H3,(H,13,15). The first-order valence-corrected chi connectivity index (χ1v) is 5.80. The fraction of sp³-hybridized carbons (Fsp3) is 0.909. The third kappa shape index (κ3) is 5.14. The molecule has 1 fully saturated rings. The maximum atomic E-state index is 11.4. The van der Waals surface area contributed by atoms with Crippen molar-refractivity contribution in [3.05, 3.63) is 0 Å². The highest BCUT2D eigenvalue weighted by Gasteiger charge is 2.19. The number of nitrogens with zero attached hydrogens (tertiary/aromatic N) is 1. The molecule has 88 valence electrons. The van der Waals surface area contributed by atoms with Crippen LogP contribution in [0.2, 0.25) is 0 Å². The molecule has 0 saturated heterocycles. The molecule has 0 aromatic carbocycles. The van der Waals surface area contributed by atoms with E-state index < -0.39 is 0 Å². The van der Waals surface area contributed by atoms with Crippen molar-refractivity contribution in [1.82, 2.24) is 10.4 Å². The average Bonchev–Trinajstić information content (AvgIpc) is 2.16. The van der Waals surface area contributed by atoms with Gasteiger partial charge in [-0.2, -0.15) is 0 Å². The Morgan fingerprint density at radius 3 is 2.47 bits per heavy atom. The summed E-state index contributed by atoms with van der Waals surface area (Å²) in [4.78, 5) is 11.4. The van der Waals surface area contributed by atoms with E-state index in [4.69, 9.17) is 5.73 Å². The molecule has 0 aliphatic heterocycles. The number of rotatable bonds is 4. The Labute approximate surface area is 92.2 Å². The van der Waals surface area contributed by atoms with Crippen molar-refractivity contribution >= 4 is 5.91 Å². The summed E-state index contributed by atoms with van der Waals surface area (Å²) in [6.07, 6.45) is 6.28. The smallest absolute Gasteiger partial charge is 0.234 e. The van der Waals surface area contributed by atoms with Crippen molar-refractivity contribution in [2.75, 3.05) is 14.1 Å². The lowest BCUT2D eigenvalue weighted by Crippen LogP contribution is -2.36. The first kappa shape index (κ1) is 12.5. The van der Waals surface area contributed by atoms with E-state index in [1.807, 2.05) is 14.1 Å². The van der Waals surface area contributed by atoms with Crippen LogP contribution in [0, 0.1) is 5.92 Å². The van der Waals surface area contributed by atoms with Crippen LogP contribution in [0.1, 0.15) is 38.5 Å². The minimum absolute atomic E-state index is 0.120. The first-order valence-electron chi connectivity index (χ1n) is 5.80. The zero-order valence-electron chi connectivity index (χ0n) is 9.83. The molecule has 15 heavy (non-hydrogen) atoms. The van der Waals surface area contributed by atoms with Gasteiger partial charge in [0.05, 0.1) is 0 Å². The summed E-state index contributed by atoms with van der Waals surface area (Å²) < 4.78 is 0. The minimum atomic E-state index is 0.120. The molecule has 1 rings (SSSR count). The van der Waals surface area contributed by atoms with E-state index in [1.165, 1.54) is 12.8 Å². The van der Waals surface area contributed by atoms with Gasteiger partial charge >= 0.3 is 0 Å². The molecule has 1 amide bonds. The number of nitrogens with two attached hydrogens (primary N) is 1. The fourth-order valence-electron chi connectivity index (χ4n) is 2.12. The Bertz CT molecular complexity index is 198. The van der Waals surface area contributed by atoms with Crippen LogP contribution in [0.15, 0.2) is 0 Å². The average molecular weight is 213 g/mol. The van der Waals surface area contributed by atoms with Gasteiger partial charge in [-0.3, -0.25) is 10.2 Å². The van der Waals surface area contributed by atoms with E-state index >= 15 is 0 Å². The largest absolute Gasteiger partial charge is 0.328 e. The van der Waals surface area contributed by atoms with Crippen LogP contribution in [-0.2, 0) is 4.79 Å². The summed E-state index contributed by atoms with van der Waals surface area (Å²) in [6.45, 7) is 0. The summed E-state index contributed by atoms with van der Waals surface area (Å²) in [5, 5.41) is 1.69. The molecular formula is C11H23N3O. The fourth-order valence-corrected chi connectivity index (χ4v) is 2.12. The van der Waals surface area contributed by atoms with Gasteiger partial charge in [0.25, 0.3) is 0 Å². The van der Waals surface area contributed by atoms with Crippen LogP contribution in [-0.4, -0.2) is 31.1 Å². The highest BCUT2D eigenvalue weighted by Crippen LogP contribution is 2.26. The summed E-state index contributed by atoms with van der Waals surface area (Å²) >= 11 is 0. The van der Waals surface area contributed by atoms with Gasteiger partial charge in [-0.15, -0.1) is 0 Å². The van der Waals surface area contributed by atoms with Gasteiger partial charge in [0.1, 0.15) is 0 Å². The van der Waals surface area contributed by atoms with Gasteiger partial charge in [0.2, 0.25) is 5.91 Å². The molecule has 1 saturated carbocycles. The number of carbonyl (C=O) groups excluding carboxylic acids is 1. The maximum absolute atomic E-state index is 11.4. The van der Waals surface area contributed by atoms with Gasteiger partial charge in [0, 0.05) is 26.6 Å². The zero-order chi connectivity index (χ0) is 11.3. The molecule has 0 bridgehead atoms. The van der Waals surface area contributed by atoms with Crippen molar-refractivity contribution < 1.29 is 4.79 Å². The lowest BCUT2D eigenvalue weighted by atomic mass is 9.84. The third-order valence-corrected chi connectivity index (χ3v) is 3.02. The molecule has 0 spiro atoms. The Kier molecular flexibility index (Phi) is 5.05. The lowest BCUT2D eigenvalue weighted by molar-refractivity contribution is -0.125. The molecular weight excluding hydrogens is 190 g/mol. The van der Waals surface area contributed by atoms with Crippen molar-refractivity contribution in [3.63, 3.8) is 0 Å². The predicted molar refractivity (Wildman–Crippen MR) is 61.0 cm³/mol. The number of hydrogen-bond acceptors (Lipinski definition) is 3. The molecule has 4 heteroatoms. The van der Waals surface area contributed by atoms with Crippen molar-refractivity contribution in [2.24, 2.45) is 11.7 Å². The number of amides is 1. The summed E-state index contributed by atoms with van der Waals surface area (Å²) in [6, 6.07) is 0.400. The van der Waals surface area contributed by atoms with Crippen LogP contribution >= 0.6 is 0 Å². The van der Waals surface area contributed by atoms with E-state index in [0.717, 1.165) is 19.3 Å². The van der Waals surface area contributed by atoms with Crippen molar-refractivity contribution in [3.8, 4) is 0 Å². The monoisotopic (exact) mass is 213 g/mol. The SMILES string of the molecule is CN(C)NC(=O)CCC1CCC(N)CC1. The molecule has 0 heterocycles. The van der Waals surface area contributed by atoms with Crippen LogP contribution in [0.3, 0.4) is 0 Å². The number of hydrazine groups is 1. The highest BCUT2D eigenvalue weighted by molar-refractivity contribution is 5.75. The quantitative estimate of drug-likeness (QED) is 0.681. The van der Waals surface area contributed by atoms with Crippen LogP contribution < -0.4 is 11.2 Å². The summed E-state index contributed by atoms with van der Waals surface area (Å²) in [7, 11) is 3.66. The minimum Gasteiger partial charge on any atom is -0.328 e. The van der Waals surface area contributed by atoms with E-state index in [2.05, 4.69) is 5.43 Å². The lowest BCUT2D eigenvalue weighted by Gasteiger charge is -2.25. The van der Waals surface area contributed by atoms with Crippen molar-refractivity contribution in [2.45, 2.75) is 44.6 Å². The molecule has 0 aromatic heterocycles. The van der Waals surface area contributed by atoms with Gasteiger partial charge in [-0.25, -0.2) is 5.01 Å². The molecule has 4 nitrogen and oxygen atoms in total. The van der Waals surface area contributed by atoms with E-state index in [-0.39, 0.29) is 5.91 Å². The number of hydrogen-bond donors (Lipinski definition) is 2. The van der Waals surface area contributed by atoms with E-state index in [0.29, 0.717) is 18.4 Å². The van der Waals surface area contributed by atoms with Crippen LogP contribution in [0.25, 0.3) is 0 Å². The predicted octanol–water partition coefficient (Wildman–Crippen LogP) is 0.877. The molecule has 1 aliphatic carbocycles. The first-order chi connectivity index (χ1) is 7.08. The Balaban J connectivity index is 2.12. The molecule has 3 N–H and O–H groups in total. The molecule has 0 unspecified atom stereocenters. The second-order valence-electron chi connectivity index (χ2n) is 4.75. The third-order valence-electron chi connectivity index (χ3n) is 3.02. The molecule has 0 radical (unpaired) electrons. The second-order valence-corrected chi connectivity index (χ2v) is 4.75. The van der Waals surface area contributed by atoms with Gasteiger partial charge in [0.15, 0.2) is 0 Å². The molecule has 1 aliphatic rings. The molecule has 0 atom stereocenters. The maximum Gasteiger partial charge on any atom is 0.234 e. The topological polar surface area (TPSA) is 58.4 Å². The van der Waals surface area contributed by atoms with Crippen LogP contribution in [0.4, 0.5) is 0 Å². The Morgan fingerprint density at radius 2 is 1.93 bits per heavy atom. The Morgan fingerprint density at radius 1 is 1.33 bits per heavy atom. The van der Waals surface area contributed by atoms with Gasteiger partial charge in [-0.1, -0.05) is 0 Å². The van der Waals surface area contributed by atoms with Gasteiger partial charge in [-0.05, 0) is 38.0 Å². The highest BCUT2D eigenvalue weighted by atomic mass is 16.2. The number of carbonyl (C=O) groups is 1. The zero-order valence-corrected chi connectivity index (χ0v) is 9.83. The normalized spacial score (nSPS) is 26.7. The second kappa shape index (κ2) is 6.08. The number of nitrogens with one attached hydrogen (secondary N) is 1. The molecule has 0 aromatic rings. The summed E-state index contributed by atoms with van der Waals surface area (Å²) in [5.41, 5.74) is 8.59.